The summed E-state index contributed by atoms with van der Waals surface area (Å²) < 4.78 is 5.54. The number of hydrogen-bond donors (Lipinski definition) is 2. The van der Waals surface area contributed by atoms with E-state index in [2.05, 4.69) is 24.1 Å². The quantitative estimate of drug-likeness (QED) is 0.631. The predicted octanol–water partition coefficient (Wildman–Crippen LogP) is 0.848. The Morgan fingerprint density at radius 3 is 2.41 bits per heavy atom. The maximum atomic E-state index is 9.47. The highest BCUT2D eigenvalue weighted by molar-refractivity contribution is 5.01. The van der Waals surface area contributed by atoms with Gasteiger partial charge >= 0.3 is 0 Å². The minimum Gasteiger partial charge on any atom is -0.394 e. The van der Waals surface area contributed by atoms with Gasteiger partial charge in [0.25, 0.3) is 0 Å². The molecule has 0 amide bonds. The summed E-state index contributed by atoms with van der Waals surface area (Å²) in [6, 6.07) is 0. The fraction of sp³-hybridized carbons (Fsp3) is 1.00. The number of nitrogens with zero attached hydrogens (tertiary/aromatic N) is 1. The molecular formula is C13H28N2O2. The van der Waals surface area contributed by atoms with Crippen LogP contribution in [0.5, 0.6) is 0 Å². The summed E-state index contributed by atoms with van der Waals surface area (Å²) in [5, 5.41) is 13.0. The van der Waals surface area contributed by atoms with Gasteiger partial charge in [0, 0.05) is 25.2 Å². The zero-order chi connectivity index (χ0) is 12.7. The second-order valence-electron chi connectivity index (χ2n) is 4.88. The first kappa shape index (κ1) is 14.9. The molecule has 0 aromatic carbocycles. The molecule has 0 saturated heterocycles. The SMILES string of the molecule is CCOC1CC(CO)(NCCN(CC)CC)C1. The van der Waals surface area contributed by atoms with Crippen LogP contribution in [0.25, 0.3) is 0 Å². The van der Waals surface area contributed by atoms with E-state index in [0.29, 0.717) is 6.10 Å². The van der Waals surface area contributed by atoms with Gasteiger partial charge in [0.1, 0.15) is 0 Å². The summed E-state index contributed by atoms with van der Waals surface area (Å²) in [5.41, 5.74) is -0.0764. The van der Waals surface area contributed by atoms with E-state index in [9.17, 15) is 5.11 Å². The fourth-order valence-corrected chi connectivity index (χ4v) is 2.51. The molecule has 0 aromatic rings. The third kappa shape index (κ3) is 4.21. The number of hydrogen-bond acceptors (Lipinski definition) is 4. The van der Waals surface area contributed by atoms with Crippen LogP contribution in [-0.4, -0.2) is 61.0 Å². The van der Waals surface area contributed by atoms with Crippen molar-refractivity contribution in [2.45, 2.75) is 45.3 Å². The Morgan fingerprint density at radius 1 is 1.29 bits per heavy atom. The van der Waals surface area contributed by atoms with Gasteiger partial charge in [0.05, 0.1) is 12.7 Å². The minimum absolute atomic E-state index is 0.0764. The molecule has 0 atom stereocenters. The van der Waals surface area contributed by atoms with Crippen molar-refractivity contribution < 1.29 is 9.84 Å². The van der Waals surface area contributed by atoms with Crippen molar-refractivity contribution in [3.63, 3.8) is 0 Å². The average Bonchev–Trinajstić information content (AvgIpc) is 2.31. The lowest BCUT2D eigenvalue weighted by molar-refractivity contribution is -0.0694. The maximum absolute atomic E-state index is 9.47. The average molecular weight is 244 g/mol. The molecule has 4 nitrogen and oxygen atoms in total. The van der Waals surface area contributed by atoms with Gasteiger partial charge in [-0.3, -0.25) is 0 Å². The zero-order valence-corrected chi connectivity index (χ0v) is 11.5. The molecule has 0 bridgehead atoms. The van der Waals surface area contributed by atoms with Gasteiger partial charge in [-0.05, 0) is 32.9 Å². The number of likely N-dealkylation sites (N-methyl/N-ethyl adjacent to an activating group) is 1. The van der Waals surface area contributed by atoms with Gasteiger partial charge in [0.2, 0.25) is 0 Å². The Hall–Kier alpha value is -0.160. The molecule has 4 heteroatoms. The lowest BCUT2D eigenvalue weighted by Gasteiger charge is -2.47. The summed E-state index contributed by atoms with van der Waals surface area (Å²) >= 11 is 0. The predicted molar refractivity (Wildman–Crippen MR) is 70.3 cm³/mol. The lowest BCUT2D eigenvalue weighted by Crippen LogP contribution is -2.61. The largest absolute Gasteiger partial charge is 0.394 e. The molecule has 0 aromatic heterocycles. The monoisotopic (exact) mass is 244 g/mol. The lowest BCUT2D eigenvalue weighted by atomic mass is 9.74. The van der Waals surface area contributed by atoms with E-state index in [1.807, 2.05) is 6.92 Å². The van der Waals surface area contributed by atoms with Crippen LogP contribution >= 0.6 is 0 Å². The van der Waals surface area contributed by atoms with E-state index in [0.717, 1.165) is 45.6 Å². The normalized spacial score (nSPS) is 28.4. The maximum Gasteiger partial charge on any atom is 0.0615 e. The minimum atomic E-state index is -0.0764. The van der Waals surface area contributed by atoms with Gasteiger partial charge in [-0.2, -0.15) is 0 Å². The van der Waals surface area contributed by atoms with Crippen molar-refractivity contribution in [2.75, 3.05) is 39.4 Å². The first-order valence-electron chi connectivity index (χ1n) is 6.89. The van der Waals surface area contributed by atoms with Crippen LogP contribution in [0.3, 0.4) is 0 Å². The van der Waals surface area contributed by atoms with Crippen LogP contribution in [0.1, 0.15) is 33.6 Å². The standard InChI is InChI=1S/C13H28N2O2/c1-4-15(5-2)8-7-14-13(11-16)9-12(10-13)17-6-3/h12,14,16H,4-11H2,1-3H3. The molecule has 0 radical (unpaired) electrons. The third-order valence-electron chi connectivity index (χ3n) is 3.76. The van der Waals surface area contributed by atoms with Crippen LogP contribution in [0.15, 0.2) is 0 Å². The van der Waals surface area contributed by atoms with Crippen molar-refractivity contribution in [3.05, 3.63) is 0 Å². The van der Waals surface area contributed by atoms with E-state index in [1.54, 1.807) is 0 Å². The Balaban J connectivity index is 2.20. The molecule has 102 valence electrons. The molecule has 0 heterocycles. The Kier molecular flexibility index (Phi) is 6.41. The number of ether oxygens (including phenoxy) is 1. The second-order valence-corrected chi connectivity index (χ2v) is 4.88. The summed E-state index contributed by atoms with van der Waals surface area (Å²) in [6.45, 7) is 11.5. The number of nitrogens with one attached hydrogen (secondary N) is 1. The Morgan fingerprint density at radius 2 is 1.94 bits per heavy atom. The van der Waals surface area contributed by atoms with E-state index >= 15 is 0 Å². The topological polar surface area (TPSA) is 44.7 Å². The highest BCUT2D eigenvalue weighted by Crippen LogP contribution is 2.34. The molecule has 2 N–H and O–H groups in total. The van der Waals surface area contributed by atoms with Gasteiger partial charge in [-0.15, -0.1) is 0 Å². The van der Waals surface area contributed by atoms with Crippen molar-refractivity contribution >= 4 is 0 Å². The molecule has 0 spiro atoms. The molecule has 0 unspecified atom stereocenters. The van der Waals surface area contributed by atoms with Crippen molar-refractivity contribution in [2.24, 2.45) is 0 Å². The number of aliphatic hydroxyl groups excluding tert-OH is 1. The van der Waals surface area contributed by atoms with E-state index in [1.165, 1.54) is 0 Å². The molecule has 1 rings (SSSR count). The van der Waals surface area contributed by atoms with E-state index < -0.39 is 0 Å². The van der Waals surface area contributed by atoms with Crippen LogP contribution in [-0.2, 0) is 4.74 Å². The second kappa shape index (κ2) is 7.31. The van der Waals surface area contributed by atoms with Gasteiger partial charge < -0.3 is 20.1 Å². The van der Waals surface area contributed by atoms with Crippen LogP contribution in [0, 0.1) is 0 Å². The smallest absolute Gasteiger partial charge is 0.0615 e. The number of aliphatic hydroxyl groups is 1. The third-order valence-corrected chi connectivity index (χ3v) is 3.76. The highest BCUT2D eigenvalue weighted by atomic mass is 16.5. The summed E-state index contributed by atoms with van der Waals surface area (Å²) in [7, 11) is 0. The first-order chi connectivity index (χ1) is 8.19. The number of rotatable bonds is 9. The first-order valence-corrected chi connectivity index (χ1v) is 6.89. The Bertz CT molecular complexity index is 202. The van der Waals surface area contributed by atoms with Crippen LogP contribution in [0.2, 0.25) is 0 Å². The summed E-state index contributed by atoms with van der Waals surface area (Å²) in [5.74, 6) is 0. The molecule has 0 aliphatic heterocycles. The van der Waals surface area contributed by atoms with Gasteiger partial charge in [-0.1, -0.05) is 13.8 Å². The molecule has 17 heavy (non-hydrogen) atoms. The zero-order valence-electron chi connectivity index (χ0n) is 11.5. The Labute approximate surface area is 105 Å². The molecule has 1 aliphatic rings. The van der Waals surface area contributed by atoms with E-state index in [-0.39, 0.29) is 12.1 Å². The molecule has 1 aliphatic carbocycles. The van der Waals surface area contributed by atoms with E-state index in [4.69, 9.17) is 4.74 Å². The molecule has 1 fully saturated rings. The molecule has 1 saturated carbocycles. The van der Waals surface area contributed by atoms with Crippen LogP contribution in [0.4, 0.5) is 0 Å². The summed E-state index contributed by atoms with van der Waals surface area (Å²) in [4.78, 5) is 2.39. The highest BCUT2D eigenvalue weighted by Gasteiger charge is 2.43. The summed E-state index contributed by atoms with van der Waals surface area (Å²) in [6.07, 6.45) is 2.22. The van der Waals surface area contributed by atoms with Gasteiger partial charge in [0.15, 0.2) is 0 Å². The van der Waals surface area contributed by atoms with Gasteiger partial charge in [-0.25, -0.2) is 0 Å². The van der Waals surface area contributed by atoms with Crippen LogP contribution < -0.4 is 5.32 Å². The fourth-order valence-electron chi connectivity index (χ4n) is 2.51. The van der Waals surface area contributed by atoms with Crippen molar-refractivity contribution in [3.8, 4) is 0 Å². The molecular weight excluding hydrogens is 216 g/mol. The van der Waals surface area contributed by atoms with Crippen molar-refractivity contribution in [1.82, 2.24) is 10.2 Å². The van der Waals surface area contributed by atoms with Crippen molar-refractivity contribution in [1.29, 1.82) is 0 Å².